The van der Waals surface area contributed by atoms with E-state index < -0.39 is 32.0 Å². The number of para-hydroxylation sites is 1. The highest BCUT2D eigenvalue weighted by Gasteiger charge is 2.29. The first-order chi connectivity index (χ1) is 15.9. The quantitative estimate of drug-likeness (QED) is 0.486. The van der Waals surface area contributed by atoms with Gasteiger partial charge in [-0.3, -0.25) is 13.8 Å². The lowest BCUT2D eigenvalue weighted by Crippen LogP contribution is -2.45. The third-order valence-corrected chi connectivity index (χ3v) is 7.93. The Morgan fingerprint density at radius 3 is 1.97 bits per heavy atom. The van der Waals surface area contributed by atoms with Crippen LogP contribution in [0.2, 0.25) is 0 Å². The van der Waals surface area contributed by atoms with Crippen LogP contribution in [0.15, 0.2) is 77.7 Å². The maximum Gasteiger partial charge on any atom is 0.261 e. The van der Waals surface area contributed by atoms with Crippen molar-refractivity contribution >= 4 is 43.0 Å². The number of benzene rings is 3. The van der Waals surface area contributed by atoms with Crippen molar-refractivity contribution in [3.63, 3.8) is 0 Å². The first-order valence-electron chi connectivity index (χ1n) is 10.4. The topological polar surface area (TPSA) is 113 Å². The van der Waals surface area contributed by atoms with Gasteiger partial charge in [0, 0.05) is 11.4 Å². The van der Waals surface area contributed by atoms with Crippen molar-refractivity contribution in [3.05, 3.63) is 83.9 Å². The number of carbonyl (C=O) groups is 1. The summed E-state index contributed by atoms with van der Waals surface area (Å²) in [5.41, 5.74) is 3.18. The average molecular weight is 502 g/mol. The number of anilines is 3. The Labute approximate surface area is 200 Å². The number of sulfonamides is 2. The molecule has 0 heterocycles. The van der Waals surface area contributed by atoms with Gasteiger partial charge in [0.1, 0.15) is 6.04 Å². The van der Waals surface area contributed by atoms with Gasteiger partial charge in [-0.25, -0.2) is 16.8 Å². The van der Waals surface area contributed by atoms with E-state index in [1.54, 1.807) is 42.5 Å². The van der Waals surface area contributed by atoms with E-state index in [-0.39, 0.29) is 4.90 Å². The van der Waals surface area contributed by atoms with Crippen molar-refractivity contribution in [2.75, 3.05) is 20.6 Å². The standard InChI is InChI=1S/C24H27N3O5S2/c1-17-10-11-21(16-18(17)2)26-34(31,32)23-14-12-20(13-15-23)25-24(28)19(3)27(33(4,29)30)22-8-6-5-7-9-22/h5-16,19,26H,1-4H3,(H,25,28)/t19-/m1/s1. The number of aryl methyl sites for hydroxylation is 2. The monoisotopic (exact) mass is 501 g/mol. The zero-order valence-corrected chi connectivity index (χ0v) is 20.9. The summed E-state index contributed by atoms with van der Waals surface area (Å²) in [5.74, 6) is -0.557. The second-order valence-corrected chi connectivity index (χ2v) is 11.5. The van der Waals surface area contributed by atoms with Crippen LogP contribution in [0, 0.1) is 13.8 Å². The van der Waals surface area contributed by atoms with Crippen LogP contribution in [0.1, 0.15) is 18.1 Å². The fourth-order valence-electron chi connectivity index (χ4n) is 3.37. The van der Waals surface area contributed by atoms with Crippen LogP contribution in [0.5, 0.6) is 0 Å². The summed E-state index contributed by atoms with van der Waals surface area (Å²) in [6, 6.07) is 18.2. The van der Waals surface area contributed by atoms with Gasteiger partial charge in [-0.05, 0) is 80.4 Å². The minimum Gasteiger partial charge on any atom is -0.324 e. The molecule has 3 aromatic rings. The molecule has 3 rings (SSSR count). The molecule has 0 aliphatic heterocycles. The van der Waals surface area contributed by atoms with Gasteiger partial charge in [-0.2, -0.15) is 0 Å². The van der Waals surface area contributed by atoms with Crippen molar-refractivity contribution in [2.24, 2.45) is 0 Å². The van der Waals surface area contributed by atoms with E-state index >= 15 is 0 Å². The molecule has 34 heavy (non-hydrogen) atoms. The Morgan fingerprint density at radius 1 is 0.824 bits per heavy atom. The van der Waals surface area contributed by atoms with Gasteiger partial charge in [0.05, 0.1) is 16.8 Å². The number of hydrogen-bond acceptors (Lipinski definition) is 5. The summed E-state index contributed by atoms with van der Waals surface area (Å²) in [4.78, 5) is 12.8. The van der Waals surface area contributed by atoms with Crippen LogP contribution in [0.3, 0.4) is 0 Å². The lowest BCUT2D eigenvalue weighted by atomic mass is 10.1. The van der Waals surface area contributed by atoms with Crippen LogP contribution in [0.4, 0.5) is 17.1 Å². The minimum atomic E-state index is -3.82. The maximum atomic E-state index is 12.8. The van der Waals surface area contributed by atoms with Crippen molar-refractivity contribution < 1.29 is 21.6 Å². The summed E-state index contributed by atoms with van der Waals surface area (Å²) in [7, 11) is -7.55. The Bertz CT molecular complexity index is 1390. The molecule has 0 saturated heterocycles. The number of rotatable bonds is 8. The molecular formula is C24H27N3O5S2. The van der Waals surface area contributed by atoms with Crippen molar-refractivity contribution in [1.29, 1.82) is 0 Å². The van der Waals surface area contributed by atoms with Gasteiger partial charge >= 0.3 is 0 Å². The molecule has 3 aromatic carbocycles. The number of nitrogens with one attached hydrogen (secondary N) is 2. The highest BCUT2D eigenvalue weighted by molar-refractivity contribution is 7.92. The van der Waals surface area contributed by atoms with Gasteiger partial charge in [-0.1, -0.05) is 24.3 Å². The number of carbonyl (C=O) groups excluding carboxylic acids is 1. The molecule has 0 aromatic heterocycles. The number of hydrogen-bond donors (Lipinski definition) is 2. The average Bonchev–Trinajstić information content (AvgIpc) is 2.76. The molecule has 0 spiro atoms. The van der Waals surface area contributed by atoms with Gasteiger partial charge < -0.3 is 5.32 Å². The smallest absolute Gasteiger partial charge is 0.261 e. The molecule has 0 saturated carbocycles. The zero-order chi connectivity index (χ0) is 25.1. The minimum absolute atomic E-state index is 0.0267. The molecule has 1 atom stereocenters. The van der Waals surface area contributed by atoms with Crippen LogP contribution in [-0.4, -0.2) is 35.0 Å². The zero-order valence-electron chi connectivity index (χ0n) is 19.3. The lowest BCUT2D eigenvalue weighted by molar-refractivity contribution is -0.116. The summed E-state index contributed by atoms with van der Waals surface area (Å²) < 4.78 is 53.7. The Balaban J connectivity index is 1.75. The lowest BCUT2D eigenvalue weighted by Gasteiger charge is -2.28. The number of nitrogens with zero attached hydrogens (tertiary/aromatic N) is 1. The summed E-state index contributed by atoms with van der Waals surface area (Å²) >= 11 is 0. The van der Waals surface area contributed by atoms with E-state index in [0.29, 0.717) is 17.1 Å². The molecule has 0 unspecified atom stereocenters. The molecule has 180 valence electrons. The van der Waals surface area contributed by atoms with Crippen LogP contribution >= 0.6 is 0 Å². The normalized spacial score (nSPS) is 12.6. The van der Waals surface area contributed by atoms with E-state index in [2.05, 4.69) is 10.0 Å². The van der Waals surface area contributed by atoms with Crippen LogP contribution < -0.4 is 14.3 Å². The van der Waals surface area contributed by atoms with Crippen molar-refractivity contribution in [1.82, 2.24) is 0 Å². The van der Waals surface area contributed by atoms with Gasteiger partial charge in [-0.15, -0.1) is 0 Å². The summed E-state index contributed by atoms with van der Waals surface area (Å²) in [5, 5.41) is 2.65. The first kappa shape index (κ1) is 25.3. The van der Waals surface area contributed by atoms with Gasteiger partial charge in [0.2, 0.25) is 15.9 Å². The second-order valence-electron chi connectivity index (χ2n) is 7.99. The molecule has 8 nitrogen and oxygen atoms in total. The molecule has 0 fully saturated rings. The largest absolute Gasteiger partial charge is 0.324 e. The molecular weight excluding hydrogens is 474 g/mol. The van der Waals surface area contributed by atoms with E-state index in [4.69, 9.17) is 0 Å². The molecule has 0 bridgehead atoms. The predicted molar refractivity (Wildman–Crippen MR) is 135 cm³/mol. The predicted octanol–water partition coefficient (Wildman–Crippen LogP) is 3.90. The first-order valence-corrected chi connectivity index (χ1v) is 13.8. The van der Waals surface area contributed by atoms with E-state index in [0.717, 1.165) is 21.7 Å². The highest BCUT2D eigenvalue weighted by atomic mass is 32.2. The van der Waals surface area contributed by atoms with Gasteiger partial charge in [0.15, 0.2) is 0 Å². The highest BCUT2D eigenvalue weighted by Crippen LogP contribution is 2.23. The fraction of sp³-hybridized carbons (Fsp3) is 0.208. The van der Waals surface area contributed by atoms with Crippen LogP contribution in [0.25, 0.3) is 0 Å². The van der Waals surface area contributed by atoms with Crippen molar-refractivity contribution in [3.8, 4) is 0 Å². The molecule has 0 aliphatic carbocycles. The van der Waals surface area contributed by atoms with E-state index in [9.17, 15) is 21.6 Å². The molecule has 0 aliphatic rings. The SMILES string of the molecule is Cc1ccc(NS(=O)(=O)c2ccc(NC(=O)[C@@H](C)N(c3ccccc3)S(C)(=O)=O)cc2)cc1C. The summed E-state index contributed by atoms with van der Waals surface area (Å²) in [6.07, 6.45) is 1.03. The molecule has 0 radical (unpaired) electrons. The fourth-order valence-corrected chi connectivity index (χ4v) is 5.59. The molecule has 2 N–H and O–H groups in total. The van der Waals surface area contributed by atoms with E-state index in [1.807, 2.05) is 19.9 Å². The van der Waals surface area contributed by atoms with Crippen LogP contribution in [-0.2, 0) is 24.8 Å². The molecule has 10 heteroatoms. The third kappa shape index (κ3) is 5.95. The van der Waals surface area contributed by atoms with Crippen molar-refractivity contribution in [2.45, 2.75) is 31.7 Å². The number of amides is 1. The third-order valence-electron chi connectivity index (χ3n) is 5.29. The second kappa shape index (κ2) is 9.86. The molecule has 1 amide bonds. The Hall–Kier alpha value is -3.37. The van der Waals surface area contributed by atoms with Gasteiger partial charge in [0.25, 0.3) is 10.0 Å². The Morgan fingerprint density at radius 2 is 1.41 bits per heavy atom. The Kier molecular flexibility index (Phi) is 7.32. The van der Waals surface area contributed by atoms with E-state index in [1.165, 1.54) is 31.2 Å². The maximum absolute atomic E-state index is 12.8. The summed E-state index contributed by atoms with van der Waals surface area (Å²) in [6.45, 7) is 5.32.